The van der Waals surface area contributed by atoms with Crippen molar-refractivity contribution in [3.05, 3.63) is 12.7 Å². The Morgan fingerprint density at radius 3 is 1.89 bits per heavy atom. The maximum Gasteiger partial charge on any atom is 0.481 e. The van der Waals surface area contributed by atoms with Crippen LogP contribution in [-0.2, 0) is 50.7 Å². The van der Waals surface area contributed by atoms with Gasteiger partial charge in [-0.2, -0.15) is 4.31 Å². The van der Waals surface area contributed by atoms with Crippen molar-refractivity contribution in [1.29, 1.82) is 0 Å². The molecule has 414 valence electrons. The van der Waals surface area contributed by atoms with Crippen LogP contribution in [0.4, 0.5) is 5.82 Å². The molecule has 0 radical (unpaired) electrons. The van der Waals surface area contributed by atoms with Crippen molar-refractivity contribution in [1.82, 2.24) is 30.2 Å². The molecular weight excluding hydrogens is 1020 g/mol. The minimum atomic E-state index is -5.58. The van der Waals surface area contributed by atoms with Gasteiger partial charge in [-0.05, 0) is 6.42 Å². The first kappa shape index (κ1) is 63.8. The summed E-state index contributed by atoms with van der Waals surface area (Å²) in [6.07, 6.45) is 19.5. The summed E-state index contributed by atoms with van der Waals surface area (Å²) in [5.41, 5.74) is 4.30. The maximum atomic E-state index is 12.8. The second-order valence-corrected chi connectivity index (χ2v) is 24.1. The topological polar surface area (TPSA) is 364 Å². The van der Waals surface area contributed by atoms with E-state index in [-0.39, 0.29) is 41.6 Å². The number of fused-ring (bicyclic) bond motifs is 1. The van der Waals surface area contributed by atoms with Crippen molar-refractivity contribution in [2.45, 2.75) is 193 Å². The Hall–Kier alpha value is -2.44. The van der Waals surface area contributed by atoms with Crippen LogP contribution < -0.4 is 16.4 Å². The Balaban J connectivity index is 1.23. The van der Waals surface area contributed by atoms with Gasteiger partial charge in [0.25, 0.3) is 0 Å². The molecule has 1 aliphatic heterocycles. The van der Waals surface area contributed by atoms with E-state index in [0.717, 1.165) is 48.2 Å². The van der Waals surface area contributed by atoms with E-state index in [4.69, 9.17) is 19.5 Å². The van der Waals surface area contributed by atoms with Crippen molar-refractivity contribution in [3.8, 4) is 0 Å². The maximum absolute atomic E-state index is 12.8. The summed E-state index contributed by atoms with van der Waals surface area (Å²) < 4.78 is 62.5. The fraction of sp³-hybridized carbons (Fsp3) is 0.818. The lowest BCUT2D eigenvalue weighted by Crippen LogP contribution is -2.46. The van der Waals surface area contributed by atoms with Gasteiger partial charge in [0.15, 0.2) is 22.8 Å². The van der Waals surface area contributed by atoms with Gasteiger partial charge in [0.2, 0.25) is 11.8 Å². The van der Waals surface area contributed by atoms with Gasteiger partial charge in [-0.3, -0.25) is 32.5 Å². The Labute approximate surface area is 426 Å². The lowest BCUT2D eigenvalue weighted by Gasteiger charge is -2.30. The summed E-state index contributed by atoms with van der Waals surface area (Å²) in [6.45, 7) is 2.85. The number of phosphoric ester groups is 3. The number of imidazole rings is 1. The van der Waals surface area contributed by atoms with Crippen LogP contribution in [0.1, 0.15) is 168 Å². The fourth-order valence-corrected chi connectivity index (χ4v) is 11.4. The molecule has 7 atom stereocenters. The summed E-state index contributed by atoms with van der Waals surface area (Å²) in [5, 5.41) is 26.7. The third-order valence-corrected chi connectivity index (χ3v) is 16.0. The van der Waals surface area contributed by atoms with E-state index in [2.05, 4.69) is 41.3 Å². The molecule has 3 unspecified atom stereocenters. The zero-order valence-corrected chi connectivity index (χ0v) is 45.4. The molecule has 2 aromatic rings. The molecule has 2 amide bonds. The van der Waals surface area contributed by atoms with E-state index in [1.165, 1.54) is 123 Å². The second kappa shape index (κ2) is 32.9. The molecular formula is C44H80N7O17P3S. The quantitative estimate of drug-likeness (QED) is 0.0242. The first-order chi connectivity index (χ1) is 34.1. The predicted octanol–water partition coefficient (Wildman–Crippen LogP) is 6.88. The molecule has 0 spiro atoms. The third-order valence-electron chi connectivity index (χ3n) is 12.0. The van der Waals surface area contributed by atoms with Crippen LogP contribution >= 0.6 is 35.2 Å². The van der Waals surface area contributed by atoms with Crippen molar-refractivity contribution in [2.24, 2.45) is 5.41 Å². The van der Waals surface area contributed by atoms with Gasteiger partial charge in [0, 0.05) is 37.1 Å². The van der Waals surface area contributed by atoms with Gasteiger partial charge in [-0.25, -0.2) is 28.6 Å². The number of hydrogen-bond donors (Lipinski definition) is 9. The zero-order valence-electron chi connectivity index (χ0n) is 41.9. The van der Waals surface area contributed by atoms with E-state index in [0.29, 0.717) is 12.2 Å². The van der Waals surface area contributed by atoms with Crippen molar-refractivity contribution in [2.75, 3.05) is 37.8 Å². The van der Waals surface area contributed by atoms with Crippen LogP contribution in [0.3, 0.4) is 0 Å². The van der Waals surface area contributed by atoms with Gasteiger partial charge in [-0.15, -0.1) is 0 Å². The average molecular weight is 1100 g/mol. The fourth-order valence-electron chi connectivity index (χ4n) is 7.89. The number of carbonyl (C=O) groups excluding carboxylic acids is 3. The molecule has 0 aliphatic carbocycles. The standard InChI is InChI=1S/C44H80N7O17P3S/c1-4-5-6-7-8-9-10-11-12-13-14-15-16-17-18-19-20-21-22-23-24-35(53)72-28-27-46-34(52)25-26-47-42(56)39(55)44(2,3)30-65-71(62,63)68-70(60,61)64-29-33-38(67-69(57,58)59)37(54)43(66-33)51-32-50-36-40(45)48-31-49-41(36)51/h31-33,37-39,43,54-55H,4-30H2,1-3H3,(H,46,52)(H,47,56)(H,60,61)(H,62,63)(H2,45,48,49)(H2,57,58,59)/t33-,37?,38+,39+,43-/m1/s1. The molecule has 1 saturated heterocycles. The first-order valence-corrected chi connectivity index (χ1v) is 30.6. The molecule has 0 aromatic carbocycles. The summed E-state index contributed by atoms with van der Waals surface area (Å²) in [6, 6.07) is 0. The number of nitrogens with zero attached hydrogens (tertiary/aromatic N) is 4. The number of phosphoric acid groups is 3. The molecule has 1 fully saturated rings. The van der Waals surface area contributed by atoms with Gasteiger partial charge in [-0.1, -0.05) is 155 Å². The van der Waals surface area contributed by atoms with Crippen LogP contribution in [0, 0.1) is 5.41 Å². The number of aliphatic hydroxyl groups is 2. The second-order valence-electron chi connectivity index (χ2n) is 18.8. The molecule has 72 heavy (non-hydrogen) atoms. The van der Waals surface area contributed by atoms with E-state index in [1.807, 2.05) is 0 Å². The molecule has 0 bridgehead atoms. The number of nitrogen functional groups attached to an aromatic ring is 1. The lowest BCUT2D eigenvalue weighted by molar-refractivity contribution is -0.137. The highest BCUT2D eigenvalue weighted by Crippen LogP contribution is 2.61. The predicted molar refractivity (Wildman–Crippen MR) is 270 cm³/mol. The number of rotatable bonds is 40. The van der Waals surface area contributed by atoms with Crippen molar-refractivity contribution < 1.29 is 80.5 Å². The average Bonchev–Trinajstić information content (AvgIpc) is 3.87. The number of nitrogens with one attached hydrogen (secondary N) is 2. The van der Waals surface area contributed by atoms with E-state index >= 15 is 0 Å². The Kier molecular flexibility index (Phi) is 29.2. The Morgan fingerprint density at radius 2 is 1.33 bits per heavy atom. The van der Waals surface area contributed by atoms with E-state index in [9.17, 15) is 57.9 Å². The van der Waals surface area contributed by atoms with Gasteiger partial charge >= 0.3 is 23.5 Å². The number of hydrogen-bond acceptors (Lipinski definition) is 18. The number of thioether (sulfide) groups is 1. The Bertz CT molecular complexity index is 2090. The normalized spacial score (nSPS) is 19.5. The number of nitrogens with two attached hydrogens (primary N) is 1. The highest BCUT2D eigenvalue weighted by Gasteiger charge is 2.50. The van der Waals surface area contributed by atoms with Crippen LogP contribution in [-0.4, -0.2) is 123 Å². The van der Waals surface area contributed by atoms with Crippen LogP contribution in [0.5, 0.6) is 0 Å². The number of carbonyl (C=O) groups is 3. The van der Waals surface area contributed by atoms with Crippen LogP contribution in [0.15, 0.2) is 12.7 Å². The minimum Gasteiger partial charge on any atom is -0.386 e. The Morgan fingerprint density at radius 1 is 0.792 bits per heavy atom. The molecule has 2 aromatic heterocycles. The highest BCUT2D eigenvalue weighted by molar-refractivity contribution is 8.13. The number of aromatic nitrogens is 4. The number of amides is 2. The van der Waals surface area contributed by atoms with Crippen molar-refractivity contribution >= 4 is 69.1 Å². The largest absolute Gasteiger partial charge is 0.481 e. The molecule has 10 N–H and O–H groups in total. The van der Waals surface area contributed by atoms with Gasteiger partial charge in [0.1, 0.15) is 36.3 Å². The number of anilines is 1. The smallest absolute Gasteiger partial charge is 0.386 e. The van der Waals surface area contributed by atoms with Crippen LogP contribution in [0.25, 0.3) is 11.2 Å². The minimum absolute atomic E-state index is 0.0345. The summed E-state index contributed by atoms with van der Waals surface area (Å²) >= 11 is 1.16. The number of aliphatic hydroxyl groups excluding tert-OH is 2. The summed E-state index contributed by atoms with van der Waals surface area (Å²) in [4.78, 5) is 88.6. The summed E-state index contributed by atoms with van der Waals surface area (Å²) in [5.74, 6) is -1.01. The van der Waals surface area contributed by atoms with Crippen molar-refractivity contribution in [3.63, 3.8) is 0 Å². The number of ether oxygens (including phenoxy) is 1. The first-order valence-electron chi connectivity index (χ1n) is 25.1. The number of unbranched alkanes of at least 4 members (excludes halogenated alkanes) is 19. The molecule has 28 heteroatoms. The summed E-state index contributed by atoms with van der Waals surface area (Å²) in [7, 11) is -16.4. The SMILES string of the molecule is CCCCCCCCCCCCCCCCCCCCCCC(=O)SCCNC(=O)CCNC(=O)[C@H](O)C(C)(C)COP(=O)(O)OP(=O)(O)OC[C@H]1O[C@@H](n2cnc3c(N)ncnc32)C(O)[C@H]1OP(=O)(O)O. The van der Waals surface area contributed by atoms with Gasteiger partial charge < -0.3 is 50.9 Å². The third kappa shape index (κ3) is 24.9. The lowest BCUT2D eigenvalue weighted by atomic mass is 9.87. The zero-order chi connectivity index (χ0) is 53.2. The van der Waals surface area contributed by atoms with E-state index < -0.39 is 84.6 Å². The van der Waals surface area contributed by atoms with Gasteiger partial charge in [0.05, 0.1) is 19.5 Å². The highest BCUT2D eigenvalue weighted by atomic mass is 32.2. The molecule has 3 heterocycles. The molecule has 1 aliphatic rings. The van der Waals surface area contributed by atoms with E-state index in [1.54, 1.807) is 0 Å². The molecule has 3 rings (SSSR count). The molecule has 24 nitrogen and oxygen atoms in total. The molecule has 0 saturated carbocycles. The van der Waals surface area contributed by atoms with Crippen LogP contribution in [0.2, 0.25) is 0 Å². The monoisotopic (exact) mass is 1100 g/mol.